The maximum absolute atomic E-state index is 12.3. The van der Waals surface area contributed by atoms with Crippen LogP contribution < -0.4 is 15.4 Å². The topological polar surface area (TPSA) is 87.7 Å². The molecule has 2 N–H and O–H groups in total. The molecule has 2 rings (SSSR count). The number of rotatable bonds is 6. The Labute approximate surface area is 151 Å². The summed E-state index contributed by atoms with van der Waals surface area (Å²) in [7, 11) is 1.46. The highest BCUT2D eigenvalue weighted by molar-refractivity contribution is 6.31. The molecule has 8 heteroatoms. The Hall–Kier alpha value is -2.28. The van der Waals surface area contributed by atoms with Gasteiger partial charge in [-0.1, -0.05) is 25.4 Å². The lowest BCUT2D eigenvalue weighted by Crippen LogP contribution is -2.38. The number of carbonyl (C=O) groups is 3. The van der Waals surface area contributed by atoms with Crippen LogP contribution in [0.5, 0.6) is 5.75 Å². The van der Waals surface area contributed by atoms with E-state index < -0.39 is 18.0 Å². The van der Waals surface area contributed by atoms with Gasteiger partial charge in [0.2, 0.25) is 5.91 Å². The number of imide groups is 1. The second kappa shape index (κ2) is 7.74. The van der Waals surface area contributed by atoms with Crippen LogP contribution >= 0.6 is 11.6 Å². The lowest BCUT2D eigenvalue weighted by atomic mass is 10.0. The standard InChI is InChI=1S/C17H22ClN3O4/c1-9(2)5-13-16(23)21(17(24)20-13)8-15(22)19-12-6-10(3)11(18)7-14(12)25-4/h6-7,9,13H,5,8H2,1-4H3,(H,19,22)(H,20,24)/t13-/m1/s1. The van der Waals surface area contributed by atoms with Crippen LogP contribution in [0.4, 0.5) is 10.5 Å². The number of amides is 4. The molecule has 1 saturated heterocycles. The van der Waals surface area contributed by atoms with Crippen LogP contribution in [-0.2, 0) is 9.59 Å². The van der Waals surface area contributed by atoms with Gasteiger partial charge in [-0.05, 0) is 30.9 Å². The third kappa shape index (κ3) is 4.42. The summed E-state index contributed by atoms with van der Waals surface area (Å²) in [5.41, 5.74) is 1.20. The highest BCUT2D eigenvalue weighted by atomic mass is 35.5. The molecule has 1 atom stereocenters. The lowest BCUT2D eigenvalue weighted by Gasteiger charge is -2.15. The van der Waals surface area contributed by atoms with Gasteiger partial charge in [0.05, 0.1) is 12.8 Å². The molecule has 0 radical (unpaired) electrons. The molecule has 0 unspecified atom stereocenters. The van der Waals surface area contributed by atoms with Gasteiger partial charge in [0, 0.05) is 11.1 Å². The van der Waals surface area contributed by atoms with E-state index in [0.29, 0.717) is 22.9 Å². The van der Waals surface area contributed by atoms with E-state index in [-0.39, 0.29) is 18.4 Å². The summed E-state index contributed by atoms with van der Waals surface area (Å²) in [4.78, 5) is 37.4. The van der Waals surface area contributed by atoms with Gasteiger partial charge in [-0.25, -0.2) is 4.79 Å². The van der Waals surface area contributed by atoms with Crippen molar-refractivity contribution in [3.8, 4) is 5.75 Å². The first-order chi connectivity index (χ1) is 11.7. The molecule has 1 aliphatic heterocycles. The van der Waals surface area contributed by atoms with Crippen molar-refractivity contribution in [3.63, 3.8) is 0 Å². The molecular formula is C17H22ClN3O4. The molecule has 0 aromatic heterocycles. The van der Waals surface area contributed by atoms with Crippen LogP contribution in [0.3, 0.4) is 0 Å². The largest absolute Gasteiger partial charge is 0.495 e. The molecule has 136 valence electrons. The van der Waals surface area contributed by atoms with E-state index in [1.165, 1.54) is 7.11 Å². The number of nitrogens with one attached hydrogen (secondary N) is 2. The number of hydrogen-bond donors (Lipinski definition) is 2. The minimum Gasteiger partial charge on any atom is -0.495 e. The van der Waals surface area contributed by atoms with Crippen LogP contribution in [0.2, 0.25) is 5.02 Å². The number of methoxy groups -OCH3 is 1. The number of hydrogen-bond acceptors (Lipinski definition) is 4. The van der Waals surface area contributed by atoms with Crippen molar-refractivity contribution in [2.45, 2.75) is 33.2 Å². The molecule has 1 aromatic rings. The normalized spacial score (nSPS) is 17.0. The van der Waals surface area contributed by atoms with Crippen molar-refractivity contribution >= 4 is 35.1 Å². The van der Waals surface area contributed by atoms with Crippen molar-refractivity contribution in [3.05, 3.63) is 22.7 Å². The number of aryl methyl sites for hydroxylation is 1. The first-order valence-electron chi connectivity index (χ1n) is 7.98. The number of nitrogens with zero attached hydrogens (tertiary/aromatic N) is 1. The number of urea groups is 1. The van der Waals surface area contributed by atoms with E-state index in [9.17, 15) is 14.4 Å². The number of anilines is 1. The predicted octanol–water partition coefficient (Wildman–Crippen LogP) is 2.56. The minimum atomic E-state index is -0.576. The first-order valence-corrected chi connectivity index (χ1v) is 8.36. The fourth-order valence-corrected chi connectivity index (χ4v) is 2.77. The Morgan fingerprint density at radius 3 is 2.68 bits per heavy atom. The second-order valence-corrected chi connectivity index (χ2v) is 6.81. The van der Waals surface area contributed by atoms with Crippen molar-refractivity contribution in [2.75, 3.05) is 19.0 Å². The van der Waals surface area contributed by atoms with Crippen molar-refractivity contribution < 1.29 is 19.1 Å². The SMILES string of the molecule is COc1cc(Cl)c(C)cc1NC(=O)CN1C(=O)N[C@H](CC(C)C)C1=O. The minimum absolute atomic E-state index is 0.254. The van der Waals surface area contributed by atoms with Crippen LogP contribution in [0.25, 0.3) is 0 Å². The van der Waals surface area contributed by atoms with Crippen LogP contribution in [0, 0.1) is 12.8 Å². The Balaban J connectivity index is 2.07. The Morgan fingerprint density at radius 2 is 2.08 bits per heavy atom. The fourth-order valence-electron chi connectivity index (χ4n) is 2.62. The van der Waals surface area contributed by atoms with Gasteiger partial charge >= 0.3 is 6.03 Å². The van der Waals surface area contributed by atoms with Crippen LogP contribution in [0.1, 0.15) is 25.8 Å². The van der Waals surface area contributed by atoms with E-state index in [1.54, 1.807) is 19.1 Å². The average Bonchev–Trinajstić information content (AvgIpc) is 2.77. The second-order valence-electron chi connectivity index (χ2n) is 6.41. The van der Waals surface area contributed by atoms with Gasteiger partial charge in [-0.3, -0.25) is 14.5 Å². The zero-order valence-corrected chi connectivity index (χ0v) is 15.4. The molecule has 0 bridgehead atoms. The van der Waals surface area contributed by atoms with Gasteiger partial charge in [-0.2, -0.15) is 0 Å². The van der Waals surface area contributed by atoms with E-state index in [2.05, 4.69) is 10.6 Å². The summed E-state index contributed by atoms with van der Waals surface area (Å²) < 4.78 is 5.20. The lowest BCUT2D eigenvalue weighted by molar-refractivity contribution is -0.131. The number of benzene rings is 1. The molecule has 0 saturated carbocycles. The number of carbonyl (C=O) groups excluding carboxylic acids is 3. The molecule has 1 aromatic carbocycles. The average molecular weight is 368 g/mol. The van der Waals surface area contributed by atoms with E-state index in [4.69, 9.17) is 16.3 Å². The zero-order chi connectivity index (χ0) is 18.7. The summed E-state index contributed by atoms with van der Waals surface area (Å²) in [5.74, 6) is -0.218. The van der Waals surface area contributed by atoms with Crippen LogP contribution in [0.15, 0.2) is 12.1 Å². The third-order valence-electron chi connectivity index (χ3n) is 3.87. The molecule has 7 nitrogen and oxygen atoms in total. The third-order valence-corrected chi connectivity index (χ3v) is 4.28. The monoisotopic (exact) mass is 367 g/mol. The molecule has 25 heavy (non-hydrogen) atoms. The Kier molecular flexibility index (Phi) is 5.89. The van der Waals surface area contributed by atoms with Gasteiger partial charge in [0.25, 0.3) is 5.91 Å². The van der Waals surface area contributed by atoms with E-state index in [1.807, 2.05) is 13.8 Å². The first kappa shape index (κ1) is 19.1. The molecule has 1 aliphatic rings. The van der Waals surface area contributed by atoms with Crippen molar-refractivity contribution in [2.24, 2.45) is 5.92 Å². The summed E-state index contributed by atoms with van der Waals surface area (Å²) >= 11 is 6.04. The summed E-state index contributed by atoms with van der Waals surface area (Å²) in [6.07, 6.45) is 0.535. The fraction of sp³-hybridized carbons (Fsp3) is 0.471. The molecule has 0 aliphatic carbocycles. The number of halogens is 1. The molecule has 0 spiro atoms. The van der Waals surface area contributed by atoms with Gasteiger partial charge in [0.15, 0.2) is 0 Å². The number of ether oxygens (including phenoxy) is 1. The van der Waals surface area contributed by atoms with Gasteiger partial charge in [-0.15, -0.1) is 0 Å². The van der Waals surface area contributed by atoms with E-state index >= 15 is 0 Å². The molecule has 4 amide bonds. The highest BCUT2D eigenvalue weighted by Gasteiger charge is 2.39. The zero-order valence-electron chi connectivity index (χ0n) is 14.7. The molecular weight excluding hydrogens is 346 g/mol. The maximum Gasteiger partial charge on any atom is 0.325 e. The van der Waals surface area contributed by atoms with Gasteiger partial charge in [0.1, 0.15) is 18.3 Å². The predicted molar refractivity (Wildman–Crippen MR) is 94.9 cm³/mol. The smallest absolute Gasteiger partial charge is 0.325 e. The van der Waals surface area contributed by atoms with Gasteiger partial charge < -0.3 is 15.4 Å². The highest BCUT2D eigenvalue weighted by Crippen LogP contribution is 2.31. The Bertz CT molecular complexity index is 705. The summed E-state index contributed by atoms with van der Waals surface area (Å²) in [6, 6.07) is 2.14. The molecule has 1 heterocycles. The summed E-state index contributed by atoms with van der Waals surface area (Å²) in [5, 5.41) is 5.78. The van der Waals surface area contributed by atoms with Crippen molar-refractivity contribution in [1.82, 2.24) is 10.2 Å². The Morgan fingerprint density at radius 1 is 1.40 bits per heavy atom. The molecule has 1 fully saturated rings. The van der Waals surface area contributed by atoms with Crippen LogP contribution in [-0.4, -0.2) is 42.4 Å². The van der Waals surface area contributed by atoms with E-state index in [0.717, 1.165) is 10.5 Å². The van der Waals surface area contributed by atoms with Crippen molar-refractivity contribution in [1.29, 1.82) is 0 Å². The maximum atomic E-state index is 12.3. The quantitative estimate of drug-likeness (QED) is 0.756. The summed E-state index contributed by atoms with van der Waals surface area (Å²) in [6.45, 7) is 5.36.